The van der Waals surface area contributed by atoms with Gasteiger partial charge in [-0.3, -0.25) is 9.89 Å². The predicted octanol–water partition coefficient (Wildman–Crippen LogP) is 2.75. The molecule has 1 aliphatic carbocycles. The van der Waals surface area contributed by atoms with Crippen molar-refractivity contribution in [2.24, 2.45) is 4.99 Å². The molecule has 1 aliphatic heterocycles. The van der Waals surface area contributed by atoms with Crippen LogP contribution in [-0.2, 0) is 0 Å². The molecule has 1 heterocycles. The third kappa shape index (κ3) is 4.60. The van der Waals surface area contributed by atoms with Crippen molar-refractivity contribution in [3.63, 3.8) is 0 Å². The summed E-state index contributed by atoms with van der Waals surface area (Å²) in [6.07, 6.45) is 11.0. The van der Waals surface area contributed by atoms with Crippen LogP contribution in [0.1, 0.15) is 65.2 Å². The monoisotopic (exact) mass is 294 g/mol. The van der Waals surface area contributed by atoms with E-state index in [2.05, 4.69) is 34.4 Å². The molecule has 21 heavy (non-hydrogen) atoms. The van der Waals surface area contributed by atoms with Crippen LogP contribution < -0.4 is 10.6 Å². The number of rotatable bonds is 4. The summed E-state index contributed by atoms with van der Waals surface area (Å²) >= 11 is 0. The Balaban J connectivity index is 1.98. The van der Waals surface area contributed by atoms with E-state index in [-0.39, 0.29) is 0 Å². The molecule has 0 aromatic rings. The molecule has 1 saturated heterocycles. The van der Waals surface area contributed by atoms with Crippen molar-refractivity contribution in [1.29, 1.82) is 0 Å². The first-order valence-electron chi connectivity index (χ1n) is 8.88. The lowest BCUT2D eigenvalue weighted by molar-refractivity contribution is 0.0368. The quantitative estimate of drug-likeness (QED) is 0.619. The van der Waals surface area contributed by atoms with Crippen LogP contribution in [0.25, 0.3) is 0 Å². The number of nitrogens with zero attached hydrogens (tertiary/aromatic N) is 2. The van der Waals surface area contributed by atoms with Gasteiger partial charge in [0.05, 0.1) is 0 Å². The van der Waals surface area contributed by atoms with E-state index < -0.39 is 0 Å². The Labute approximate surface area is 130 Å². The van der Waals surface area contributed by atoms with Crippen LogP contribution in [-0.4, -0.2) is 49.1 Å². The van der Waals surface area contributed by atoms with Gasteiger partial charge in [0.25, 0.3) is 0 Å². The molecular weight excluding hydrogens is 260 g/mol. The Bertz CT molecular complexity index is 326. The fourth-order valence-corrected chi connectivity index (χ4v) is 3.90. The number of piperidine rings is 1. The number of guanidine groups is 1. The van der Waals surface area contributed by atoms with Crippen LogP contribution in [0.5, 0.6) is 0 Å². The van der Waals surface area contributed by atoms with Crippen LogP contribution in [0.4, 0.5) is 0 Å². The molecule has 2 N–H and O–H groups in total. The SMILES string of the molecule is CN=C(NCC1(N2CCCCC2)CCCCC1)NC(C)C. The Morgan fingerprint density at radius 2 is 1.67 bits per heavy atom. The Kier molecular flexibility index (Phi) is 6.34. The summed E-state index contributed by atoms with van der Waals surface area (Å²) in [7, 11) is 1.87. The van der Waals surface area contributed by atoms with Gasteiger partial charge in [-0.15, -0.1) is 0 Å². The van der Waals surface area contributed by atoms with Crippen LogP contribution in [0.15, 0.2) is 4.99 Å². The van der Waals surface area contributed by atoms with Gasteiger partial charge in [0.1, 0.15) is 0 Å². The van der Waals surface area contributed by atoms with Crippen LogP contribution in [0.3, 0.4) is 0 Å². The lowest BCUT2D eigenvalue weighted by atomic mass is 9.79. The summed E-state index contributed by atoms with van der Waals surface area (Å²) in [5.41, 5.74) is 0.368. The smallest absolute Gasteiger partial charge is 0.191 e. The average molecular weight is 294 g/mol. The molecule has 0 spiro atoms. The summed E-state index contributed by atoms with van der Waals surface area (Å²) < 4.78 is 0. The van der Waals surface area contributed by atoms with E-state index >= 15 is 0 Å². The van der Waals surface area contributed by atoms with Crippen molar-refractivity contribution in [1.82, 2.24) is 15.5 Å². The first kappa shape index (κ1) is 16.6. The Hall–Kier alpha value is -0.770. The van der Waals surface area contributed by atoms with Crippen molar-refractivity contribution in [2.75, 3.05) is 26.7 Å². The molecule has 0 aromatic heterocycles. The molecule has 4 heteroatoms. The minimum absolute atomic E-state index is 0.368. The Morgan fingerprint density at radius 3 is 2.24 bits per heavy atom. The van der Waals surface area contributed by atoms with Crippen molar-refractivity contribution >= 4 is 5.96 Å². The van der Waals surface area contributed by atoms with E-state index in [1.54, 1.807) is 0 Å². The van der Waals surface area contributed by atoms with Gasteiger partial charge in [0, 0.05) is 25.2 Å². The van der Waals surface area contributed by atoms with Crippen molar-refractivity contribution in [3.8, 4) is 0 Å². The lowest BCUT2D eigenvalue weighted by Gasteiger charge is -2.48. The summed E-state index contributed by atoms with van der Waals surface area (Å²) in [5, 5.41) is 7.02. The molecule has 0 unspecified atom stereocenters. The molecule has 4 nitrogen and oxygen atoms in total. The molecule has 0 atom stereocenters. The van der Waals surface area contributed by atoms with Crippen molar-refractivity contribution in [2.45, 2.75) is 76.8 Å². The zero-order valence-corrected chi connectivity index (χ0v) is 14.2. The Morgan fingerprint density at radius 1 is 1.05 bits per heavy atom. The van der Waals surface area contributed by atoms with Gasteiger partial charge in [-0.25, -0.2) is 0 Å². The van der Waals surface area contributed by atoms with E-state index in [0.717, 1.165) is 12.5 Å². The molecule has 2 fully saturated rings. The summed E-state index contributed by atoms with van der Waals surface area (Å²) in [4.78, 5) is 7.15. The first-order chi connectivity index (χ1) is 10.2. The fraction of sp³-hybridized carbons (Fsp3) is 0.941. The number of aliphatic imine (C=N–C) groups is 1. The zero-order valence-electron chi connectivity index (χ0n) is 14.2. The van der Waals surface area contributed by atoms with Gasteiger partial charge in [-0.2, -0.15) is 0 Å². The first-order valence-corrected chi connectivity index (χ1v) is 8.88. The van der Waals surface area contributed by atoms with Crippen LogP contribution in [0.2, 0.25) is 0 Å². The fourth-order valence-electron chi connectivity index (χ4n) is 3.90. The van der Waals surface area contributed by atoms with Gasteiger partial charge < -0.3 is 10.6 Å². The van der Waals surface area contributed by atoms with Crippen molar-refractivity contribution in [3.05, 3.63) is 0 Å². The summed E-state index contributed by atoms with van der Waals surface area (Å²) in [6, 6.07) is 0.425. The molecule has 2 aliphatic rings. The van der Waals surface area contributed by atoms with E-state index in [1.165, 1.54) is 64.5 Å². The van der Waals surface area contributed by atoms with E-state index in [0.29, 0.717) is 11.6 Å². The minimum atomic E-state index is 0.368. The van der Waals surface area contributed by atoms with Gasteiger partial charge in [0.2, 0.25) is 0 Å². The molecule has 0 bridgehead atoms. The minimum Gasteiger partial charge on any atom is -0.355 e. The molecule has 0 aromatic carbocycles. The number of hydrogen-bond acceptors (Lipinski definition) is 2. The highest BCUT2D eigenvalue weighted by molar-refractivity contribution is 5.79. The average Bonchev–Trinajstić information content (AvgIpc) is 2.53. The van der Waals surface area contributed by atoms with E-state index in [9.17, 15) is 0 Å². The van der Waals surface area contributed by atoms with Gasteiger partial charge in [-0.1, -0.05) is 25.7 Å². The predicted molar refractivity (Wildman–Crippen MR) is 90.9 cm³/mol. The highest BCUT2D eigenvalue weighted by atomic mass is 15.3. The highest BCUT2D eigenvalue weighted by Crippen LogP contribution is 2.35. The number of hydrogen-bond donors (Lipinski definition) is 2. The van der Waals surface area contributed by atoms with Crippen LogP contribution in [0, 0.1) is 0 Å². The zero-order chi connectivity index (χ0) is 15.1. The second kappa shape index (κ2) is 8.02. The van der Waals surface area contributed by atoms with E-state index in [1.807, 2.05) is 7.05 Å². The lowest BCUT2D eigenvalue weighted by Crippen LogP contribution is -2.59. The highest BCUT2D eigenvalue weighted by Gasteiger charge is 2.38. The van der Waals surface area contributed by atoms with Crippen molar-refractivity contribution < 1.29 is 0 Å². The van der Waals surface area contributed by atoms with Gasteiger partial charge in [0.15, 0.2) is 5.96 Å². The summed E-state index contributed by atoms with van der Waals surface area (Å²) in [6.45, 7) is 7.94. The van der Waals surface area contributed by atoms with Gasteiger partial charge >= 0.3 is 0 Å². The summed E-state index contributed by atoms with van der Waals surface area (Å²) in [5.74, 6) is 0.951. The molecular formula is C17H34N4. The second-order valence-corrected chi connectivity index (χ2v) is 7.06. The second-order valence-electron chi connectivity index (χ2n) is 7.06. The topological polar surface area (TPSA) is 39.7 Å². The molecule has 122 valence electrons. The molecule has 0 amide bonds. The normalized spacial score (nSPS) is 24.1. The van der Waals surface area contributed by atoms with E-state index in [4.69, 9.17) is 0 Å². The van der Waals surface area contributed by atoms with Gasteiger partial charge in [-0.05, 0) is 52.6 Å². The number of nitrogens with one attached hydrogen (secondary N) is 2. The largest absolute Gasteiger partial charge is 0.355 e. The number of likely N-dealkylation sites (tertiary alicyclic amines) is 1. The maximum atomic E-state index is 4.36. The molecule has 1 saturated carbocycles. The third-order valence-corrected chi connectivity index (χ3v) is 5.05. The molecule has 2 rings (SSSR count). The standard InChI is InChI=1S/C17H34N4/c1-15(2)20-16(18-3)19-14-17(10-6-4-7-11-17)21-12-8-5-9-13-21/h15H,4-14H2,1-3H3,(H2,18,19,20). The van der Waals surface area contributed by atoms with Crippen LogP contribution >= 0.6 is 0 Å². The third-order valence-electron chi connectivity index (χ3n) is 5.05. The maximum absolute atomic E-state index is 4.36. The maximum Gasteiger partial charge on any atom is 0.191 e. The molecule has 0 radical (unpaired) electrons.